The molecule has 0 amide bonds. The van der Waals surface area contributed by atoms with Crippen LogP contribution in [0.1, 0.15) is 41.0 Å². The Labute approximate surface area is 194 Å². The molecule has 0 unspecified atom stereocenters. The van der Waals surface area contributed by atoms with Crippen molar-refractivity contribution in [2.75, 3.05) is 10.6 Å². The zero-order chi connectivity index (χ0) is 22.5. The second kappa shape index (κ2) is 7.74. The van der Waals surface area contributed by atoms with E-state index in [-0.39, 0.29) is 17.1 Å². The number of benzene rings is 2. The Morgan fingerprint density at radius 1 is 0.970 bits per heavy atom. The maximum Gasteiger partial charge on any atom is 0.193 e. The second-order valence-electron chi connectivity index (χ2n) is 8.70. The van der Waals surface area contributed by atoms with Crippen molar-refractivity contribution in [3.8, 4) is 0 Å². The largest absolute Gasteiger partial charge is 0.458 e. The Hall–Kier alpha value is -3.64. The molecule has 0 radical (unpaired) electrons. The van der Waals surface area contributed by atoms with Crippen molar-refractivity contribution < 1.29 is 9.21 Å². The van der Waals surface area contributed by atoms with Crippen molar-refractivity contribution >= 4 is 39.5 Å². The van der Waals surface area contributed by atoms with Crippen molar-refractivity contribution in [3.05, 3.63) is 104 Å². The number of fused-ring (bicyclic) bond motifs is 2. The summed E-state index contributed by atoms with van der Waals surface area (Å²) in [7, 11) is 0. The van der Waals surface area contributed by atoms with E-state index in [1.807, 2.05) is 55.5 Å². The van der Waals surface area contributed by atoms with E-state index in [1.165, 1.54) is 10.9 Å². The van der Waals surface area contributed by atoms with Gasteiger partial charge in [0.1, 0.15) is 17.4 Å². The second-order valence-corrected chi connectivity index (χ2v) is 9.68. The first kappa shape index (κ1) is 20.0. The van der Waals surface area contributed by atoms with Gasteiger partial charge >= 0.3 is 0 Å². The average Bonchev–Trinajstić information content (AvgIpc) is 3.28. The number of nitrogens with one attached hydrogen (secondary N) is 2. The summed E-state index contributed by atoms with van der Waals surface area (Å²) in [6.45, 7) is 1.95. The fraction of sp³-hybridized carbons (Fsp3) is 0.185. The predicted octanol–water partition coefficient (Wildman–Crippen LogP) is 6.14. The number of hydrogen-bond acceptors (Lipinski definition) is 6. The van der Waals surface area contributed by atoms with E-state index in [0.29, 0.717) is 28.7 Å². The first-order valence-electron chi connectivity index (χ1n) is 11.0. The van der Waals surface area contributed by atoms with Crippen LogP contribution in [-0.2, 0) is 4.79 Å². The van der Waals surface area contributed by atoms with Crippen molar-refractivity contribution in [2.45, 2.75) is 31.7 Å². The standard InChI is InChI=1S/C27H22N2O3S/c1-15-8-9-23-17(11-15)21(30)14-24(32-23)27-26-20(28-18-5-2-3-6-19(18)29-27)12-16(13-22(26)31)25-7-4-10-33-25/h2-11,14,16,27-29H,12-13H2,1H3/t16-,27+/m0/s1. The monoisotopic (exact) mass is 454 g/mol. The van der Waals surface area contributed by atoms with Gasteiger partial charge in [0.25, 0.3) is 0 Å². The van der Waals surface area contributed by atoms with Gasteiger partial charge in [-0.1, -0.05) is 29.8 Å². The molecule has 2 aromatic heterocycles. The molecule has 2 N–H and O–H groups in total. The van der Waals surface area contributed by atoms with Gasteiger partial charge in [0, 0.05) is 34.6 Å². The van der Waals surface area contributed by atoms with Crippen LogP contribution in [-0.4, -0.2) is 5.78 Å². The zero-order valence-electron chi connectivity index (χ0n) is 18.1. The topological polar surface area (TPSA) is 71.3 Å². The van der Waals surface area contributed by atoms with Gasteiger partial charge in [0.05, 0.1) is 16.8 Å². The van der Waals surface area contributed by atoms with E-state index in [2.05, 4.69) is 22.1 Å². The average molecular weight is 455 g/mol. The number of aryl methyl sites for hydroxylation is 1. The predicted molar refractivity (Wildman–Crippen MR) is 132 cm³/mol. The number of Topliss-reactive ketones (excluding diaryl/α,β-unsaturated/α-hetero) is 1. The Morgan fingerprint density at radius 3 is 2.64 bits per heavy atom. The lowest BCUT2D eigenvalue weighted by Gasteiger charge is -2.28. The quantitative estimate of drug-likeness (QED) is 0.381. The summed E-state index contributed by atoms with van der Waals surface area (Å²) in [6, 6.07) is 18.6. The number of rotatable bonds is 2. The highest BCUT2D eigenvalue weighted by atomic mass is 32.1. The lowest BCUT2D eigenvalue weighted by atomic mass is 9.82. The molecule has 4 aromatic rings. The number of carbonyl (C=O) groups is 1. The lowest BCUT2D eigenvalue weighted by molar-refractivity contribution is -0.116. The molecule has 2 aromatic carbocycles. The van der Waals surface area contributed by atoms with Gasteiger partial charge in [-0.05, 0) is 49.1 Å². The van der Waals surface area contributed by atoms with E-state index in [1.54, 1.807) is 11.3 Å². The summed E-state index contributed by atoms with van der Waals surface area (Å²) in [5.74, 6) is 0.658. The molecule has 2 atom stereocenters. The lowest BCUT2D eigenvalue weighted by Crippen LogP contribution is -2.27. The fourth-order valence-corrected chi connectivity index (χ4v) is 5.69. The van der Waals surface area contributed by atoms with Crippen LogP contribution in [0.15, 0.2) is 86.5 Å². The number of thiophene rings is 1. The molecule has 5 nitrogen and oxygen atoms in total. The van der Waals surface area contributed by atoms with Gasteiger partial charge in [-0.15, -0.1) is 11.3 Å². The molecule has 0 saturated carbocycles. The Bertz CT molecular complexity index is 1480. The van der Waals surface area contributed by atoms with E-state index in [9.17, 15) is 9.59 Å². The van der Waals surface area contributed by atoms with Crippen LogP contribution in [0, 0.1) is 6.92 Å². The normalized spacial score (nSPS) is 20.0. The number of anilines is 2. The third-order valence-corrected chi connectivity index (χ3v) is 7.48. The van der Waals surface area contributed by atoms with E-state index >= 15 is 0 Å². The first-order valence-corrected chi connectivity index (χ1v) is 11.9. The molecule has 0 bridgehead atoms. The third-order valence-electron chi connectivity index (χ3n) is 6.44. The molecule has 6 rings (SSSR count). The number of allylic oxidation sites excluding steroid dienone is 1. The van der Waals surface area contributed by atoms with E-state index < -0.39 is 6.04 Å². The molecule has 1 aliphatic heterocycles. The third kappa shape index (κ3) is 3.47. The van der Waals surface area contributed by atoms with Crippen molar-refractivity contribution in [1.29, 1.82) is 0 Å². The number of hydrogen-bond donors (Lipinski definition) is 2. The maximum absolute atomic E-state index is 13.6. The molecule has 1 aliphatic carbocycles. The van der Waals surface area contributed by atoms with Crippen LogP contribution in [0.2, 0.25) is 0 Å². The molecule has 0 fully saturated rings. The molecule has 2 aliphatic rings. The Kier molecular flexibility index (Phi) is 4.69. The van der Waals surface area contributed by atoms with Crippen LogP contribution in [0.25, 0.3) is 11.0 Å². The summed E-state index contributed by atoms with van der Waals surface area (Å²) < 4.78 is 6.23. The minimum Gasteiger partial charge on any atom is -0.458 e. The molecule has 3 heterocycles. The highest BCUT2D eigenvalue weighted by Crippen LogP contribution is 2.44. The Balaban J connectivity index is 1.52. The molecular formula is C27H22N2O3S. The van der Waals surface area contributed by atoms with Gasteiger partial charge in [0.2, 0.25) is 0 Å². The maximum atomic E-state index is 13.6. The molecule has 164 valence electrons. The molecule has 6 heteroatoms. The molecule has 0 spiro atoms. The van der Waals surface area contributed by atoms with E-state index in [0.717, 1.165) is 29.1 Å². The van der Waals surface area contributed by atoms with Crippen molar-refractivity contribution in [3.63, 3.8) is 0 Å². The zero-order valence-corrected chi connectivity index (χ0v) is 18.9. The number of carbonyl (C=O) groups excluding carboxylic acids is 1. The number of para-hydroxylation sites is 2. The number of ketones is 1. The van der Waals surface area contributed by atoms with E-state index in [4.69, 9.17) is 4.42 Å². The SMILES string of the molecule is Cc1ccc2oc([C@H]3Nc4ccccc4NC4=C3C(=O)C[C@@H](c3cccs3)C4)cc(=O)c2c1. The highest BCUT2D eigenvalue weighted by molar-refractivity contribution is 7.10. The fourth-order valence-electron chi connectivity index (χ4n) is 4.86. The van der Waals surface area contributed by atoms with Crippen LogP contribution in [0.3, 0.4) is 0 Å². The first-order chi connectivity index (χ1) is 16.1. The Morgan fingerprint density at radius 2 is 1.82 bits per heavy atom. The summed E-state index contributed by atoms with van der Waals surface area (Å²) in [6.07, 6.45) is 1.16. The van der Waals surface area contributed by atoms with Crippen LogP contribution in [0.5, 0.6) is 0 Å². The summed E-state index contributed by atoms with van der Waals surface area (Å²) in [5, 5.41) is 9.61. The van der Waals surface area contributed by atoms with Gasteiger partial charge in [-0.25, -0.2) is 0 Å². The van der Waals surface area contributed by atoms with Crippen LogP contribution in [0.4, 0.5) is 11.4 Å². The molecule has 33 heavy (non-hydrogen) atoms. The molecular weight excluding hydrogens is 432 g/mol. The minimum absolute atomic E-state index is 0.0686. The smallest absolute Gasteiger partial charge is 0.193 e. The van der Waals surface area contributed by atoms with Gasteiger partial charge in [-0.2, -0.15) is 0 Å². The van der Waals surface area contributed by atoms with Crippen molar-refractivity contribution in [2.24, 2.45) is 0 Å². The summed E-state index contributed by atoms with van der Waals surface area (Å²) in [5.41, 5.74) is 4.73. The molecule has 0 saturated heterocycles. The summed E-state index contributed by atoms with van der Waals surface area (Å²) in [4.78, 5) is 27.7. The summed E-state index contributed by atoms with van der Waals surface area (Å²) >= 11 is 1.69. The van der Waals surface area contributed by atoms with Crippen LogP contribution >= 0.6 is 11.3 Å². The van der Waals surface area contributed by atoms with Gasteiger partial charge in [-0.3, -0.25) is 9.59 Å². The van der Waals surface area contributed by atoms with Gasteiger partial charge < -0.3 is 15.1 Å². The van der Waals surface area contributed by atoms with Crippen LogP contribution < -0.4 is 16.1 Å². The van der Waals surface area contributed by atoms with Crippen molar-refractivity contribution in [1.82, 2.24) is 0 Å². The highest BCUT2D eigenvalue weighted by Gasteiger charge is 2.37. The van der Waals surface area contributed by atoms with Gasteiger partial charge in [0.15, 0.2) is 11.2 Å². The minimum atomic E-state index is -0.550.